The number of carbonyl (C=O) groups excluding carboxylic acids is 3. The smallest absolute Gasteiger partial charge is 0.307 e. The molecule has 0 heterocycles. The molecule has 0 bridgehead atoms. The van der Waals surface area contributed by atoms with Crippen molar-refractivity contribution in [1.82, 2.24) is 5.32 Å². The predicted molar refractivity (Wildman–Crippen MR) is 119 cm³/mol. The third-order valence-electron chi connectivity index (χ3n) is 4.77. The number of amides is 2. The van der Waals surface area contributed by atoms with Crippen molar-refractivity contribution < 1.29 is 19.1 Å². The Kier molecular flexibility index (Phi) is 7.54. The van der Waals surface area contributed by atoms with Crippen molar-refractivity contribution >= 4 is 23.5 Å². The minimum absolute atomic E-state index is 0.119. The van der Waals surface area contributed by atoms with E-state index in [0.29, 0.717) is 11.3 Å². The van der Waals surface area contributed by atoms with Crippen molar-refractivity contribution in [3.8, 4) is 0 Å². The first-order valence-electron chi connectivity index (χ1n) is 9.94. The fraction of sp³-hybridized carbons (Fsp3) is 0.160. The molecule has 6 heteroatoms. The maximum absolute atomic E-state index is 12.5. The van der Waals surface area contributed by atoms with Gasteiger partial charge in [0, 0.05) is 24.2 Å². The fourth-order valence-corrected chi connectivity index (χ4v) is 3.25. The van der Waals surface area contributed by atoms with Gasteiger partial charge in [-0.25, -0.2) is 0 Å². The lowest BCUT2D eigenvalue weighted by Crippen LogP contribution is -2.22. The molecule has 2 N–H and O–H groups in total. The van der Waals surface area contributed by atoms with Crippen molar-refractivity contribution in [2.75, 3.05) is 19.0 Å². The van der Waals surface area contributed by atoms with Gasteiger partial charge in [-0.1, -0.05) is 66.7 Å². The number of esters is 1. The molecule has 3 rings (SSSR count). The minimum atomic E-state index is -0.474. The molecule has 0 aliphatic rings. The van der Waals surface area contributed by atoms with Crippen LogP contribution >= 0.6 is 0 Å². The van der Waals surface area contributed by atoms with Crippen LogP contribution in [0.5, 0.6) is 0 Å². The number of rotatable bonds is 8. The van der Waals surface area contributed by atoms with Gasteiger partial charge in [0.25, 0.3) is 11.8 Å². The molecule has 0 saturated heterocycles. The number of ether oxygens (including phenoxy) is 1. The molecule has 31 heavy (non-hydrogen) atoms. The number of anilines is 1. The van der Waals surface area contributed by atoms with Crippen molar-refractivity contribution in [1.29, 1.82) is 0 Å². The Balaban J connectivity index is 1.59. The zero-order chi connectivity index (χ0) is 22.1. The van der Waals surface area contributed by atoms with Gasteiger partial charge in [0.15, 0.2) is 6.61 Å². The number of benzene rings is 3. The molecule has 6 nitrogen and oxygen atoms in total. The lowest BCUT2D eigenvalue weighted by atomic mass is 9.89. The summed E-state index contributed by atoms with van der Waals surface area (Å²) in [6.45, 7) is -0.403. The van der Waals surface area contributed by atoms with E-state index >= 15 is 0 Å². The Hall–Kier alpha value is -3.93. The van der Waals surface area contributed by atoms with Crippen LogP contribution in [-0.2, 0) is 14.3 Å². The third-order valence-corrected chi connectivity index (χ3v) is 4.77. The van der Waals surface area contributed by atoms with Crippen LogP contribution in [-0.4, -0.2) is 31.4 Å². The van der Waals surface area contributed by atoms with Crippen LogP contribution in [0.15, 0.2) is 84.9 Å². The largest absolute Gasteiger partial charge is 0.456 e. The lowest BCUT2D eigenvalue weighted by molar-refractivity contribution is -0.147. The maximum Gasteiger partial charge on any atom is 0.307 e. The monoisotopic (exact) mass is 416 g/mol. The lowest BCUT2D eigenvalue weighted by Gasteiger charge is -2.17. The molecule has 0 saturated carbocycles. The zero-order valence-corrected chi connectivity index (χ0v) is 17.2. The van der Waals surface area contributed by atoms with Crippen LogP contribution in [0.4, 0.5) is 5.69 Å². The molecule has 0 unspecified atom stereocenters. The van der Waals surface area contributed by atoms with Crippen molar-refractivity contribution in [3.05, 3.63) is 102 Å². The van der Waals surface area contributed by atoms with Crippen LogP contribution in [0, 0.1) is 0 Å². The second-order valence-electron chi connectivity index (χ2n) is 6.95. The molecule has 2 amide bonds. The predicted octanol–water partition coefficient (Wildman–Crippen LogP) is 3.75. The first-order valence-corrected chi connectivity index (χ1v) is 9.94. The van der Waals surface area contributed by atoms with Gasteiger partial charge in [-0.15, -0.1) is 0 Å². The Morgan fingerprint density at radius 2 is 1.45 bits per heavy atom. The molecule has 0 atom stereocenters. The van der Waals surface area contributed by atoms with Gasteiger partial charge < -0.3 is 15.4 Å². The summed E-state index contributed by atoms with van der Waals surface area (Å²) in [5, 5.41) is 5.16. The Morgan fingerprint density at radius 3 is 2.03 bits per heavy atom. The summed E-state index contributed by atoms with van der Waals surface area (Å²) in [5.41, 5.74) is 2.88. The van der Waals surface area contributed by atoms with Crippen LogP contribution in [0.3, 0.4) is 0 Å². The molecule has 3 aromatic rings. The number of nitrogens with one attached hydrogen (secondary N) is 2. The number of hydrogen-bond donors (Lipinski definition) is 2. The highest BCUT2D eigenvalue weighted by Crippen LogP contribution is 2.28. The average Bonchev–Trinajstić information content (AvgIpc) is 2.82. The standard InChI is InChI=1S/C25H24N2O4/c1-26-25(30)20-13-8-14-21(15-20)27-23(28)17-31-24(29)16-22(18-9-4-2-5-10-18)19-11-6-3-7-12-19/h2-15,22H,16-17H2,1H3,(H,26,30)(H,27,28). The summed E-state index contributed by atoms with van der Waals surface area (Å²) in [6, 6.07) is 26.0. The topological polar surface area (TPSA) is 84.5 Å². The van der Waals surface area contributed by atoms with E-state index in [1.165, 1.54) is 7.05 Å². The quantitative estimate of drug-likeness (QED) is 0.548. The third kappa shape index (κ3) is 6.27. The van der Waals surface area contributed by atoms with E-state index in [0.717, 1.165) is 11.1 Å². The van der Waals surface area contributed by atoms with E-state index in [1.54, 1.807) is 24.3 Å². The average molecular weight is 416 g/mol. The number of carbonyl (C=O) groups is 3. The highest BCUT2D eigenvalue weighted by atomic mass is 16.5. The second-order valence-corrected chi connectivity index (χ2v) is 6.95. The summed E-state index contributed by atoms with van der Waals surface area (Å²) in [7, 11) is 1.53. The van der Waals surface area contributed by atoms with E-state index in [-0.39, 0.29) is 18.2 Å². The molecule has 3 aromatic carbocycles. The summed E-state index contributed by atoms with van der Waals surface area (Å²) in [6.07, 6.45) is 0.119. The summed E-state index contributed by atoms with van der Waals surface area (Å²) in [4.78, 5) is 36.4. The van der Waals surface area contributed by atoms with E-state index in [2.05, 4.69) is 10.6 Å². The van der Waals surface area contributed by atoms with Crippen molar-refractivity contribution in [2.24, 2.45) is 0 Å². The molecular formula is C25H24N2O4. The second kappa shape index (κ2) is 10.7. The summed E-state index contributed by atoms with van der Waals surface area (Å²) < 4.78 is 5.22. The van der Waals surface area contributed by atoms with Crippen molar-refractivity contribution in [2.45, 2.75) is 12.3 Å². The molecule has 0 aromatic heterocycles. The summed E-state index contributed by atoms with van der Waals surface area (Å²) >= 11 is 0. The molecular weight excluding hydrogens is 392 g/mol. The van der Waals surface area contributed by atoms with E-state index in [9.17, 15) is 14.4 Å². The van der Waals surface area contributed by atoms with Gasteiger partial charge in [-0.3, -0.25) is 14.4 Å². The van der Waals surface area contributed by atoms with E-state index in [4.69, 9.17) is 4.74 Å². The molecule has 0 spiro atoms. The van der Waals surface area contributed by atoms with Crippen LogP contribution in [0.2, 0.25) is 0 Å². The number of hydrogen-bond acceptors (Lipinski definition) is 4. The summed E-state index contributed by atoms with van der Waals surface area (Å²) in [5.74, 6) is -1.36. The molecule has 0 fully saturated rings. The first-order chi connectivity index (χ1) is 15.1. The molecule has 0 radical (unpaired) electrons. The zero-order valence-electron chi connectivity index (χ0n) is 17.2. The van der Waals surface area contributed by atoms with Crippen LogP contribution in [0.1, 0.15) is 33.8 Å². The van der Waals surface area contributed by atoms with Gasteiger partial charge >= 0.3 is 5.97 Å². The Morgan fingerprint density at radius 1 is 0.839 bits per heavy atom. The molecule has 0 aliphatic heterocycles. The van der Waals surface area contributed by atoms with Gasteiger partial charge in [0.05, 0.1) is 6.42 Å². The normalized spacial score (nSPS) is 10.4. The van der Waals surface area contributed by atoms with E-state index < -0.39 is 18.5 Å². The fourth-order valence-electron chi connectivity index (χ4n) is 3.25. The first kappa shape index (κ1) is 21.8. The Bertz CT molecular complexity index is 996. The highest BCUT2D eigenvalue weighted by molar-refractivity contribution is 5.97. The van der Waals surface area contributed by atoms with Crippen molar-refractivity contribution in [3.63, 3.8) is 0 Å². The van der Waals surface area contributed by atoms with Crippen LogP contribution < -0.4 is 10.6 Å². The molecule has 158 valence electrons. The van der Waals surface area contributed by atoms with E-state index in [1.807, 2.05) is 60.7 Å². The highest BCUT2D eigenvalue weighted by Gasteiger charge is 2.19. The van der Waals surface area contributed by atoms with Gasteiger partial charge in [-0.2, -0.15) is 0 Å². The van der Waals surface area contributed by atoms with Gasteiger partial charge in [-0.05, 0) is 29.3 Å². The molecule has 0 aliphatic carbocycles. The van der Waals surface area contributed by atoms with Gasteiger partial charge in [0.2, 0.25) is 0 Å². The maximum atomic E-state index is 12.5. The Labute approximate surface area is 181 Å². The van der Waals surface area contributed by atoms with Crippen LogP contribution in [0.25, 0.3) is 0 Å². The SMILES string of the molecule is CNC(=O)c1cccc(NC(=O)COC(=O)CC(c2ccccc2)c2ccccc2)c1. The minimum Gasteiger partial charge on any atom is -0.456 e. The van der Waals surface area contributed by atoms with Gasteiger partial charge in [0.1, 0.15) is 0 Å².